The summed E-state index contributed by atoms with van der Waals surface area (Å²) in [5.41, 5.74) is 1.90. The molecule has 0 aliphatic heterocycles. The minimum absolute atomic E-state index is 0.248. The van der Waals surface area contributed by atoms with Gasteiger partial charge in [0.1, 0.15) is 0 Å². The second-order valence-electron chi connectivity index (χ2n) is 6.98. The summed E-state index contributed by atoms with van der Waals surface area (Å²) >= 11 is 0. The molecule has 0 bridgehead atoms. The molecule has 1 unspecified atom stereocenters. The fraction of sp³-hybridized carbons (Fsp3) is 0.529. The van der Waals surface area contributed by atoms with Crippen LogP contribution in [0.15, 0.2) is 42.5 Å². The average molecular weight is 230 g/mol. The zero-order valence-electron chi connectivity index (χ0n) is 12.1. The van der Waals surface area contributed by atoms with Gasteiger partial charge in [-0.2, -0.15) is 0 Å². The van der Waals surface area contributed by atoms with Gasteiger partial charge in [-0.3, -0.25) is 0 Å². The maximum atomic E-state index is 2.37. The fourth-order valence-electron chi connectivity index (χ4n) is 1.95. The summed E-state index contributed by atoms with van der Waals surface area (Å²) in [6, 6.07) is 10.8. The lowest BCUT2D eigenvalue weighted by atomic mass is 9.75. The van der Waals surface area contributed by atoms with E-state index in [0.717, 1.165) is 0 Å². The number of hydrogen-bond donors (Lipinski definition) is 0. The maximum absolute atomic E-state index is 2.37. The van der Waals surface area contributed by atoms with Crippen LogP contribution in [0.4, 0.5) is 0 Å². The van der Waals surface area contributed by atoms with E-state index in [2.05, 4.69) is 84.0 Å². The van der Waals surface area contributed by atoms with E-state index in [1.807, 2.05) is 0 Å². The quantitative estimate of drug-likeness (QED) is 0.595. The van der Waals surface area contributed by atoms with Gasteiger partial charge in [0, 0.05) is 5.92 Å². The Labute approximate surface area is 107 Å². The van der Waals surface area contributed by atoms with Gasteiger partial charge in [-0.05, 0) is 16.4 Å². The van der Waals surface area contributed by atoms with Crippen molar-refractivity contribution in [1.82, 2.24) is 0 Å². The van der Waals surface area contributed by atoms with Crippen LogP contribution in [0.1, 0.15) is 53.0 Å². The summed E-state index contributed by atoms with van der Waals surface area (Å²) in [4.78, 5) is 0. The molecule has 0 aliphatic carbocycles. The SMILES string of the molecule is CC(C)(C)/C=C/C(c1ccccc1)C(C)(C)C. The van der Waals surface area contributed by atoms with E-state index in [1.54, 1.807) is 0 Å². The van der Waals surface area contributed by atoms with Gasteiger partial charge in [0.2, 0.25) is 0 Å². The Morgan fingerprint density at radius 3 is 1.82 bits per heavy atom. The molecule has 94 valence electrons. The molecule has 1 rings (SSSR count). The van der Waals surface area contributed by atoms with Crippen molar-refractivity contribution in [3.8, 4) is 0 Å². The molecule has 0 saturated heterocycles. The normalized spacial score (nSPS) is 15.2. The fourth-order valence-corrected chi connectivity index (χ4v) is 1.95. The van der Waals surface area contributed by atoms with Crippen molar-refractivity contribution in [3.05, 3.63) is 48.0 Å². The van der Waals surface area contributed by atoms with Crippen molar-refractivity contribution < 1.29 is 0 Å². The topological polar surface area (TPSA) is 0 Å². The molecule has 1 atom stereocenters. The van der Waals surface area contributed by atoms with Crippen molar-refractivity contribution >= 4 is 0 Å². The zero-order valence-corrected chi connectivity index (χ0v) is 12.1. The Hall–Kier alpha value is -1.04. The monoisotopic (exact) mass is 230 g/mol. The first-order chi connectivity index (χ1) is 7.70. The predicted octanol–water partition coefficient (Wildman–Crippen LogP) is 5.42. The molecule has 0 nitrogen and oxygen atoms in total. The molecule has 0 heteroatoms. The summed E-state index contributed by atoms with van der Waals surface area (Å²) in [7, 11) is 0. The van der Waals surface area contributed by atoms with Crippen LogP contribution in [-0.2, 0) is 0 Å². The van der Waals surface area contributed by atoms with Gasteiger partial charge < -0.3 is 0 Å². The lowest BCUT2D eigenvalue weighted by molar-refractivity contribution is 0.363. The molecular weight excluding hydrogens is 204 g/mol. The van der Waals surface area contributed by atoms with Crippen molar-refractivity contribution in [3.63, 3.8) is 0 Å². The minimum Gasteiger partial charge on any atom is -0.0825 e. The van der Waals surface area contributed by atoms with Crippen molar-refractivity contribution in [1.29, 1.82) is 0 Å². The third-order valence-electron chi connectivity index (χ3n) is 2.88. The van der Waals surface area contributed by atoms with Crippen LogP contribution in [-0.4, -0.2) is 0 Å². The Morgan fingerprint density at radius 1 is 0.882 bits per heavy atom. The maximum Gasteiger partial charge on any atom is 0.00667 e. The van der Waals surface area contributed by atoms with E-state index >= 15 is 0 Å². The Kier molecular flexibility index (Phi) is 4.19. The van der Waals surface area contributed by atoms with Crippen molar-refractivity contribution in [2.75, 3.05) is 0 Å². The van der Waals surface area contributed by atoms with Gasteiger partial charge >= 0.3 is 0 Å². The smallest absolute Gasteiger partial charge is 0.00667 e. The molecule has 0 aliphatic rings. The lowest BCUT2D eigenvalue weighted by Crippen LogP contribution is -2.17. The highest BCUT2D eigenvalue weighted by molar-refractivity contribution is 5.26. The first-order valence-corrected chi connectivity index (χ1v) is 6.44. The Bertz CT molecular complexity index is 357. The third-order valence-corrected chi connectivity index (χ3v) is 2.88. The highest BCUT2D eigenvalue weighted by Gasteiger charge is 2.24. The van der Waals surface area contributed by atoms with Gasteiger partial charge in [-0.25, -0.2) is 0 Å². The predicted molar refractivity (Wildman–Crippen MR) is 77.2 cm³/mol. The molecule has 0 aromatic heterocycles. The summed E-state index contributed by atoms with van der Waals surface area (Å²) in [6.07, 6.45) is 4.70. The van der Waals surface area contributed by atoms with Crippen LogP contribution in [0.25, 0.3) is 0 Å². The summed E-state index contributed by atoms with van der Waals surface area (Å²) < 4.78 is 0. The Morgan fingerprint density at radius 2 is 1.41 bits per heavy atom. The molecule has 0 amide bonds. The third kappa shape index (κ3) is 4.77. The summed E-state index contributed by atoms with van der Waals surface area (Å²) in [5.74, 6) is 0.475. The minimum atomic E-state index is 0.248. The van der Waals surface area contributed by atoms with E-state index < -0.39 is 0 Å². The average Bonchev–Trinajstić information content (AvgIpc) is 2.15. The molecule has 17 heavy (non-hydrogen) atoms. The van der Waals surface area contributed by atoms with E-state index in [1.165, 1.54) is 5.56 Å². The number of allylic oxidation sites excluding steroid dienone is 2. The zero-order chi connectivity index (χ0) is 13.1. The van der Waals surface area contributed by atoms with Crippen LogP contribution in [0.5, 0.6) is 0 Å². The molecule has 0 N–H and O–H groups in total. The van der Waals surface area contributed by atoms with Gasteiger partial charge in [0.25, 0.3) is 0 Å². The summed E-state index contributed by atoms with van der Waals surface area (Å²) in [6.45, 7) is 13.6. The molecule has 0 fully saturated rings. The van der Waals surface area contributed by atoms with Crippen LogP contribution in [0, 0.1) is 10.8 Å². The molecule has 0 heterocycles. The lowest BCUT2D eigenvalue weighted by Gasteiger charge is -2.29. The molecule has 0 saturated carbocycles. The van der Waals surface area contributed by atoms with Gasteiger partial charge in [-0.1, -0.05) is 84.0 Å². The highest BCUT2D eigenvalue weighted by Crippen LogP contribution is 2.37. The molecular formula is C17H26. The second kappa shape index (κ2) is 5.08. The largest absolute Gasteiger partial charge is 0.0825 e. The van der Waals surface area contributed by atoms with Crippen LogP contribution in [0.3, 0.4) is 0 Å². The van der Waals surface area contributed by atoms with E-state index in [4.69, 9.17) is 0 Å². The van der Waals surface area contributed by atoms with Crippen LogP contribution >= 0.6 is 0 Å². The first kappa shape index (κ1) is 14.0. The molecule has 0 spiro atoms. The van der Waals surface area contributed by atoms with Crippen molar-refractivity contribution in [2.45, 2.75) is 47.5 Å². The number of rotatable bonds is 2. The van der Waals surface area contributed by atoms with Crippen LogP contribution in [0.2, 0.25) is 0 Å². The van der Waals surface area contributed by atoms with Crippen molar-refractivity contribution in [2.24, 2.45) is 10.8 Å². The van der Waals surface area contributed by atoms with Crippen LogP contribution < -0.4 is 0 Å². The highest BCUT2D eigenvalue weighted by atomic mass is 14.3. The van der Waals surface area contributed by atoms with E-state index in [0.29, 0.717) is 5.92 Å². The summed E-state index contributed by atoms with van der Waals surface area (Å²) in [5, 5.41) is 0. The van der Waals surface area contributed by atoms with Gasteiger partial charge in [-0.15, -0.1) is 0 Å². The molecule has 0 radical (unpaired) electrons. The Balaban J connectivity index is 3.03. The van der Waals surface area contributed by atoms with Gasteiger partial charge in [0.05, 0.1) is 0 Å². The van der Waals surface area contributed by atoms with E-state index in [-0.39, 0.29) is 10.8 Å². The standard InChI is InChI=1S/C17H26/c1-16(2,3)13-12-15(17(4,5)6)14-10-8-7-9-11-14/h7-13,15H,1-6H3/b13-12+. The van der Waals surface area contributed by atoms with E-state index in [9.17, 15) is 0 Å². The number of benzene rings is 1. The first-order valence-electron chi connectivity index (χ1n) is 6.44. The van der Waals surface area contributed by atoms with Gasteiger partial charge in [0.15, 0.2) is 0 Å². The molecule has 1 aromatic carbocycles. The second-order valence-corrected chi connectivity index (χ2v) is 6.98. The number of hydrogen-bond acceptors (Lipinski definition) is 0. The molecule has 1 aromatic rings.